The molecule has 0 bridgehead atoms. The Morgan fingerprint density at radius 3 is 2.74 bits per heavy atom. The van der Waals surface area contributed by atoms with Crippen LogP contribution in [0.4, 0.5) is 0 Å². The van der Waals surface area contributed by atoms with Crippen LogP contribution >= 0.6 is 0 Å². The molecule has 1 unspecified atom stereocenters. The van der Waals surface area contributed by atoms with Crippen LogP contribution in [-0.4, -0.2) is 30.3 Å². The van der Waals surface area contributed by atoms with Gasteiger partial charge < -0.3 is 15.2 Å². The van der Waals surface area contributed by atoms with E-state index in [-0.39, 0.29) is 6.04 Å². The lowest BCUT2D eigenvalue weighted by Crippen LogP contribution is -2.37. The van der Waals surface area contributed by atoms with Crippen LogP contribution in [0.5, 0.6) is 0 Å². The molecule has 4 nitrogen and oxygen atoms in total. The molecule has 0 aliphatic carbocycles. The number of ether oxygens (including phenoxy) is 1. The summed E-state index contributed by atoms with van der Waals surface area (Å²) in [5.41, 5.74) is 1.30. The summed E-state index contributed by atoms with van der Waals surface area (Å²) in [6.45, 7) is 8.30. The van der Waals surface area contributed by atoms with Crippen LogP contribution in [-0.2, 0) is 11.3 Å². The molecule has 0 amide bonds. The van der Waals surface area contributed by atoms with E-state index in [0.29, 0.717) is 31.2 Å². The highest BCUT2D eigenvalue weighted by Crippen LogP contribution is 2.08. The van der Waals surface area contributed by atoms with Crippen LogP contribution in [0.1, 0.15) is 36.7 Å². The summed E-state index contributed by atoms with van der Waals surface area (Å²) in [4.78, 5) is 10.9. The molecule has 106 valence electrons. The van der Waals surface area contributed by atoms with E-state index in [9.17, 15) is 4.79 Å². The summed E-state index contributed by atoms with van der Waals surface area (Å²) in [5, 5.41) is 12.4. The van der Waals surface area contributed by atoms with E-state index in [1.54, 1.807) is 18.2 Å². The molecule has 1 rings (SSSR count). The minimum Gasteiger partial charge on any atom is -0.478 e. The fraction of sp³-hybridized carbons (Fsp3) is 0.533. The van der Waals surface area contributed by atoms with Gasteiger partial charge in [-0.05, 0) is 30.5 Å². The molecule has 0 fully saturated rings. The standard InChI is InChI=1S/C15H23NO3/c1-4-19-10-14(11(2)3)16-9-12-6-5-7-13(8-12)15(17)18/h5-8,11,14,16H,4,9-10H2,1-3H3,(H,17,18). The summed E-state index contributed by atoms with van der Waals surface area (Å²) >= 11 is 0. The highest BCUT2D eigenvalue weighted by Gasteiger charge is 2.13. The van der Waals surface area contributed by atoms with Crippen LogP contribution < -0.4 is 5.32 Å². The van der Waals surface area contributed by atoms with E-state index in [2.05, 4.69) is 19.2 Å². The molecule has 1 aromatic rings. The zero-order chi connectivity index (χ0) is 14.3. The molecule has 19 heavy (non-hydrogen) atoms. The number of nitrogens with one attached hydrogen (secondary N) is 1. The Labute approximate surface area is 114 Å². The van der Waals surface area contributed by atoms with Crippen LogP contribution in [0.25, 0.3) is 0 Å². The second-order valence-electron chi connectivity index (χ2n) is 4.90. The van der Waals surface area contributed by atoms with Gasteiger partial charge in [0.2, 0.25) is 0 Å². The normalized spacial score (nSPS) is 12.6. The Morgan fingerprint density at radius 2 is 2.16 bits per heavy atom. The smallest absolute Gasteiger partial charge is 0.335 e. The molecule has 0 aromatic heterocycles. The van der Waals surface area contributed by atoms with Crippen molar-refractivity contribution < 1.29 is 14.6 Å². The van der Waals surface area contributed by atoms with Gasteiger partial charge in [-0.15, -0.1) is 0 Å². The molecule has 0 radical (unpaired) electrons. The molecule has 0 heterocycles. The van der Waals surface area contributed by atoms with Gasteiger partial charge in [0.1, 0.15) is 0 Å². The SMILES string of the molecule is CCOCC(NCc1cccc(C(=O)O)c1)C(C)C. The Morgan fingerprint density at radius 1 is 1.42 bits per heavy atom. The summed E-state index contributed by atoms with van der Waals surface area (Å²) < 4.78 is 5.45. The molecule has 1 atom stereocenters. The number of benzene rings is 1. The molecule has 2 N–H and O–H groups in total. The molecular weight excluding hydrogens is 242 g/mol. The Kier molecular flexibility index (Phi) is 6.53. The van der Waals surface area contributed by atoms with Crippen molar-refractivity contribution in [3.8, 4) is 0 Å². The first-order valence-corrected chi connectivity index (χ1v) is 6.68. The van der Waals surface area contributed by atoms with Crippen molar-refractivity contribution in [1.82, 2.24) is 5.32 Å². The van der Waals surface area contributed by atoms with Crippen LogP contribution in [0.3, 0.4) is 0 Å². The van der Waals surface area contributed by atoms with Crippen molar-refractivity contribution in [2.45, 2.75) is 33.4 Å². The van der Waals surface area contributed by atoms with Gasteiger partial charge in [-0.25, -0.2) is 4.79 Å². The van der Waals surface area contributed by atoms with Crippen molar-refractivity contribution in [3.63, 3.8) is 0 Å². The fourth-order valence-corrected chi connectivity index (χ4v) is 1.80. The molecule has 1 aromatic carbocycles. The third-order valence-electron chi connectivity index (χ3n) is 3.05. The van der Waals surface area contributed by atoms with Gasteiger partial charge in [0, 0.05) is 19.2 Å². The van der Waals surface area contributed by atoms with E-state index >= 15 is 0 Å². The van der Waals surface area contributed by atoms with Crippen LogP contribution in [0, 0.1) is 5.92 Å². The minimum atomic E-state index is -0.892. The third kappa shape index (κ3) is 5.41. The van der Waals surface area contributed by atoms with Gasteiger partial charge in [0.15, 0.2) is 0 Å². The van der Waals surface area contributed by atoms with Crippen LogP contribution in [0.2, 0.25) is 0 Å². The van der Waals surface area contributed by atoms with E-state index in [0.717, 1.165) is 5.56 Å². The van der Waals surface area contributed by atoms with Crippen molar-refractivity contribution in [2.24, 2.45) is 5.92 Å². The molecule has 4 heteroatoms. The molecule has 0 saturated heterocycles. The lowest BCUT2D eigenvalue weighted by atomic mass is 10.0. The maximum Gasteiger partial charge on any atom is 0.335 e. The Bertz CT molecular complexity index is 404. The predicted octanol–water partition coefficient (Wildman–Crippen LogP) is 2.54. The van der Waals surface area contributed by atoms with Gasteiger partial charge in [-0.1, -0.05) is 26.0 Å². The maximum absolute atomic E-state index is 10.9. The van der Waals surface area contributed by atoms with Crippen molar-refractivity contribution in [1.29, 1.82) is 0 Å². The van der Waals surface area contributed by atoms with Gasteiger partial charge in [-0.3, -0.25) is 0 Å². The highest BCUT2D eigenvalue weighted by molar-refractivity contribution is 5.87. The first kappa shape index (κ1) is 15.7. The highest BCUT2D eigenvalue weighted by atomic mass is 16.5. The largest absolute Gasteiger partial charge is 0.478 e. The number of rotatable bonds is 8. The van der Waals surface area contributed by atoms with Crippen LogP contribution in [0.15, 0.2) is 24.3 Å². The average molecular weight is 265 g/mol. The third-order valence-corrected chi connectivity index (χ3v) is 3.05. The zero-order valence-electron chi connectivity index (χ0n) is 11.8. The predicted molar refractivity (Wildman–Crippen MR) is 75.4 cm³/mol. The van der Waals surface area contributed by atoms with Gasteiger partial charge in [0.05, 0.1) is 12.2 Å². The lowest BCUT2D eigenvalue weighted by molar-refractivity contribution is 0.0696. The van der Waals surface area contributed by atoms with E-state index in [1.165, 1.54) is 0 Å². The van der Waals surface area contributed by atoms with Crippen molar-refractivity contribution in [3.05, 3.63) is 35.4 Å². The number of aromatic carboxylic acids is 1. The number of hydrogen-bond acceptors (Lipinski definition) is 3. The first-order valence-electron chi connectivity index (χ1n) is 6.68. The van der Waals surface area contributed by atoms with Crippen molar-refractivity contribution in [2.75, 3.05) is 13.2 Å². The number of hydrogen-bond donors (Lipinski definition) is 2. The average Bonchev–Trinajstić information content (AvgIpc) is 2.38. The van der Waals surface area contributed by atoms with E-state index in [1.807, 2.05) is 13.0 Å². The quantitative estimate of drug-likeness (QED) is 0.758. The summed E-state index contributed by atoms with van der Waals surface area (Å²) in [5.74, 6) is -0.425. The lowest BCUT2D eigenvalue weighted by Gasteiger charge is -2.22. The number of carboxylic acid groups (broad SMARTS) is 1. The van der Waals surface area contributed by atoms with E-state index < -0.39 is 5.97 Å². The summed E-state index contributed by atoms with van der Waals surface area (Å²) in [6.07, 6.45) is 0. The Balaban J connectivity index is 2.58. The summed E-state index contributed by atoms with van der Waals surface area (Å²) in [6, 6.07) is 7.28. The molecule has 0 spiro atoms. The van der Waals surface area contributed by atoms with Crippen molar-refractivity contribution >= 4 is 5.97 Å². The van der Waals surface area contributed by atoms with Gasteiger partial charge in [-0.2, -0.15) is 0 Å². The maximum atomic E-state index is 10.9. The fourth-order valence-electron chi connectivity index (χ4n) is 1.80. The monoisotopic (exact) mass is 265 g/mol. The molecule has 0 aliphatic heterocycles. The number of carboxylic acids is 1. The van der Waals surface area contributed by atoms with E-state index in [4.69, 9.17) is 9.84 Å². The molecule has 0 saturated carbocycles. The zero-order valence-corrected chi connectivity index (χ0v) is 11.8. The molecule has 0 aliphatic rings. The topological polar surface area (TPSA) is 58.6 Å². The first-order chi connectivity index (χ1) is 9.04. The van der Waals surface area contributed by atoms with Gasteiger partial charge >= 0.3 is 5.97 Å². The molecular formula is C15H23NO3. The summed E-state index contributed by atoms with van der Waals surface area (Å²) in [7, 11) is 0. The Hall–Kier alpha value is -1.39. The minimum absolute atomic E-state index is 0.272. The van der Waals surface area contributed by atoms with Gasteiger partial charge in [0.25, 0.3) is 0 Å². The second kappa shape index (κ2) is 7.92. The number of carbonyl (C=O) groups is 1. The second-order valence-corrected chi connectivity index (χ2v) is 4.90.